The molecule has 3 rings (SSSR count). The quantitative estimate of drug-likeness (QED) is 0.653. The number of hydrogen-bond donors (Lipinski definition) is 0. The van der Waals surface area contributed by atoms with Gasteiger partial charge >= 0.3 is 0 Å². The molecule has 1 aliphatic heterocycles. The molecule has 0 unspecified atom stereocenters. The summed E-state index contributed by atoms with van der Waals surface area (Å²) < 4.78 is 19.9. The third-order valence-corrected chi connectivity index (χ3v) is 5.19. The van der Waals surface area contributed by atoms with Gasteiger partial charge in [0, 0.05) is 43.7 Å². The van der Waals surface area contributed by atoms with E-state index < -0.39 is 5.82 Å². The fourth-order valence-corrected chi connectivity index (χ4v) is 3.36. The highest BCUT2D eigenvalue weighted by atomic mass is 19.1. The summed E-state index contributed by atoms with van der Waals surface area (Å²) in [6.45, 7) is 5.02. The van der Waals surface area contributed by atoms with Gasteiger partial charge in [-0.25, -0.2) is 4.39 Å². The van der Waals surface area contributed by atoms with Crippen molar-refractivity contribution < 1.29 is 23.5 Å². The second kappa shape index (κ2) is 9.52. The zero-order valence-electron chi connectivity index (χ0n) is 17.2. The zero-order chi connectivity index (χ0) is 21.7. The second-order valence-corrected chi connectivity index (χ2v) is 7.18. The maximum absolute atomic E-state index is 14.3. The highest BCUT2D eigenvalue weighted by molar-refractivity contribution is 5.96. The Labute approximate surface area is 175 Å². The maximum atomic E-state index is 14.3. The van der Waals surface area contributed by atoms with E-state index in [4.69, 9.17) is 4.74 Å². The molecule has 0 saturated carbocycles. The molecule has 0 bridgehead atoms. The number of hydrogen-bond acceptors (Lipinski definition) is 5. The third kappa shape index (κ3) is 5.03. The molecule has 1 saturated heterocycles. The molecule has 1 aliphatic rings. The molecule has 158 valence electrons. The van der Waals surface area contributed by atoms with Crippen LogP contribution < -0.4 is 9.64 Å². The van der Waals surface area contributed by atoms with E-state index in [2.05, 4.69) is 0 Å². The first-order chi connectivity index (χ1) is 14.4. The van der Waals surface area contributed by atoms with Crippen molar-refractivity contribution in [2.24, 2.45) is 0 Å². The highest BCUT2D eigenvalue weighted by Crippen LogP contribution is 2.22. The molecule has 1 amide bonds. The monoisotopic (exact) mass is 412 g/mol. The van der Waals surface area contributed by atoms with Gasteiger partial charge in [0.1, 0.15) is 11.6 Å². The summed E-state index contributed by atoms with van der Waals surface area (Å²) >= 11 is 0. The number of carbonyl (C=O) groups excluding carboxylic acids is 3. The molecule has 0 aliphatic carbocycles. The first kappa shape index (κ1) is 21.5. The number of benzene rings is 2. The van der Waals surface area contributed by atoms with E-state index in [9.17, 15) is 18.8 Å². The predicted molar refractivity (Wildman–Crippen MR) is 112 cm³/mol. The summed E-state index contributed by atoms with van der Waals surface area (Å²) in [5.74, 6) is -0.167. The van der Waals surface area contributed by atoms with E-state index in [0.717, 1.165) is 0 Å². The molecule has 0 radical (unpaired) electrons. The van der Waals surface area contributed by atoms with Crippen molar-refractivity contribution in [3.63, 3.8) is 0 Å². The van der Waals surface area contributed by atoms with E-state index in [-0.39, 0.29) is 24.1 Å². The van der Waals surface area contributed by atoms with Crippen molar-refractivity contribution in [3.05, 3.63) is 59.4 Å². The van der Waals surface area contributed by atoms with Crippen molar-refractivity contribution >= 4 is 23.2 Å². The Bertz CT molecular complexity index is 935. The molecule has 1 heterocycles. The number of ketones is 2. The van der Waals surface area contributed by atoms with Gasteiger partial charge in [-0.05, 0) is 49.4 Å². The summed E-state index contributed by atoms with van der Waals surface area (Å²) in [7, 11) is 0. The first-order valence-electron chi connectivity index (χ1n) is 9.98. The van der Waals surface area contributed by atoms with Crippen molar-refractivity contribution in [2.45, 2.75) is 20.3 Å². The number of piperazine rings is 1. The number of nitrogens with zero attached hydrogens (tertiary/aromatic N) is 2. The lowest BCUT2D eigenvalue weighted by Crippen LogP contribution is -2.50. The third-order valence-electron chi connectivity index (χ3n) is 5.19. The van der Waals surface area contributed by atoms with E-state index in [1.165, 1.54) is 13.0 Å². The normalized spacial score (nSPS) is 13.8. The average molecular weight is 412 g/mol. The van der Waals surface area contributed by atoms with Crippen LogP contribution >= 0.6 is 0 Å². The summed E-state index contributed by atoms with van der Waals surface area (Å²) in [6.07, 6.45) is 0.440. The van der Waals surface area contributed by atoms with Crippen molar-refractivity contribution in [3.8, 4) is 5.75 Å². The molecule has 7 heteroatoms. The van der Waals surface area contributed by atoms with Crippen molar-refractivity contribution in [1.82, 2.24) is 4.90 Å². The molecular weight excluding hydrogens is 387 g/mol. The minimum Gasteiger partial charge on any atom is -0.484 e. The van der Waals surface area contributed by atoms with Gasteiger partial charge < -0.3 is 14.5 Å². The zero-order valence-corrected chi connectivity index (χ0v) is 17.2. The van der Waals surface area contributed by atoms with Crippen LogP contribution in [0.1, 0.15) is 41.0 Å². The van der Waals surface area contributed by atoms with Crippen LogP contribution in [0.3, 0.4) is 0 Å². The standard InChI is InChI=1S/C23H25FN2O4/c1-3-22(28)17-4-7-19(8-5-17)30-15-23(29)26-12-10-25(11-13-26)21-9-6-18(16(2)27)14-20(21)24/h4-9,14H,3,10-13,15H2,1-2H3. The fraction of sp³-hybridized carbons (Fsp3) is 0.348. The molecule has 1 fully saturated rings. The number of ether oxygens (including phenoxy) is 1. The molecule has 0 spiro atoms. The van der Waals surface area contributed by atoms with Crippen LogP contribution in [0.5, 0.6) is 5.75 Å². The number of carbonyl (C=O) groups is 3. The van der Waals surface area contributed by atoms with Crippen molar-refractivity contribution in [1.29, 1.82) is 0 Å². The smallest absolute Gasteiger partial charge is 0.260 e. The molecular formula is C23H25FN2O4. The lowest BCUT2D eigenvalue weighted by atomic mass is 10.1. The van der Waals surface area contributed by atoms with Crippen molar-refractivity contribution in [2.75, 3.05) is 37.7 Å². The van der Waals surface area contributed by atoms with Crippen LogP contribution in [0.15, 0.2) is 42.5 Å². The van der Waals surface area contributed by atoms with Gasteiger partial charge in [0.25, 0.3) is 5.91 Å². The molecule has 2 aromatic carbocycles. The van der Waals surface area contributed by atoms with Gasteiger partial charge in [-0.15, -0.1) is 0 Å². The van der Waals surface area contributed by atoms with E-state index >= 15 is 0 Å². The summed E-state index contributed by atoms with van der Waals surface area (Å²) in [6, 6.07) is 11.2. The lowest BCUT2D eigenvalue weighted by Gasteiger charge is -2.36. The SMILES string of the molecule is CCC(=O)c1ccc(OCC(=O)N2CCN(c3ccc(C(C)=O)cc3F)CC2)cc1. The minimum absolute atomic E-state index is 0.0582. The van der Waals surface area contributed by atoms with Gasteiger partial charge in [-0.3, -0.25) is 14.4 Å². The topological polar surface area (TPSA) is 66.9 Å². The van der Waals surface area contributed by atoms with Crippen LogP contribution in [-0.2, 0) is 4.79 Å². The Morgan fingerprint density at radius 1 is 0.967 bits per heavy atom. The molecule has 0 atom stereocenters. The Kier molecular flexibility index (Phi) is 6.82. The number of halogens is 1. The summed E-state index contributed by atoms with van der Waals surface area (Å²) in [5.41, 5.74) is 1.40. The molecule has 6 nitrogen and oxygen atoms in total. The van der Waals surface area contributed by atoms with Gasteiger partial charge in [0.05, 0.1) is 5.69 Å². The van der Waals surface area contributed by atoms with E-state index in [1.54, 1.807) is 48.2 Å². The van der Waals surface area contributed by atoms with Crippen LogP contribution in [0.4, 0.5) is 10.1 Å². The van der Waals surface area contributed by atoms with Crippen LogP contribution in [-0.4, -0.2) is 55.2 Å². The number of Topliss-reactive ketones (excluding diaryl/α,β-unsaturated/α-hetero) is 2. The first-order valence-corrected chi connectivity index (χ1v) is 9.98. The molecule has 30 heavy (non-hydrogen) atoms. The van der Waals surface area contributed by atoms with E-state index in [0.29, 0.717) is 55.2 Å². The van der Waals surface area contributed by atoms with Crippen LogP contribution in [0.25, 0.3) is 0 Å². The minimum atomic E-state index is -0.434. The van der Waals surface area contributed by atoms with Gasteiger partial charge in [-0.1, -0.05) is 6.92 Å². The summed E-state index contributed by atoms with van der Waals surface area (Å²) in [5, 5.41) is 0. The number of anilines is 1. The highest BCUT2D eigenvalue weighted by Gasteiger charge is 2.23. The van der Waals surface area contributed by atoms with Crippen LogP contribution in [0, 0.1) is 5.82 Å². The maximum Gasteiger partial charge on any atom is 0.260 e. The Balaban J connectivity index is 1.50. The fourth-order valence-electron chi connectivity index (χ4n) is 3.36. The van der Waals surface area contributed by atoms with Gasteiger partial charge in [-0.2, -0.15) is 0 Å². The Morgan fingerprint density at radius 2 is 1.60 bits per heavy atom. The number of amides is 1. The van der Waals surface area contributed by atoms with Gasteiger partial charge in [0.15, 0.2) is 18.2 Å². The lowest BCUT2D eigenvalue weighted by molar-refractivity contribution is -0.133. The number of rotatable bonds is 7. The molecule has 0 N–H and O–H groups in total. The average Bonchev–Trinajstić information content (AvgIpc) is 2.77. The van der Waals surface area contributed by atoms with E-state index in [1.807, 2.05) is 4.90 Å². The van der Waals surface area contributed by atoms with Gasteiger partial charge in [0.2, 0.25) is 0 Å². The second-order valence-electron chi connectivity index (χ2n) is 7.18. The molecule has 2 aromatic rings. The molecule has 0 aromatic heterocycles. The summed E-state index contributed by atoms with van der Waals surface area (Å²) in [4.78, 5) is 39.0. The largest absolute Gasteiger partial charge is 0.484 e. The Hall–Kier alpha value is -3.22. The van der Waals surface area contributed by atoms with Crippen LogP contribution in [0.2, 0.25) is 0 Å². The predicted octanol–water partition coefficient (Wildman–Crippen LogP) is 3.35. The Morgan fingerprint density at radius 3 is 2.17 bits per heavy atom.